The number of halogens is 1. The van der Waals surface area contributed by atoms with Crippen molar-refractivity contribution in [1.82, 2.24) is 4.31 Å². The Morgan fingerprint density at radius 2 is 2.16 bits per heavy atom. The van der Waals surface area contributed by atoms with Gasteiger partial charge in [0.05, 0.1) is 22.0 Å². The molecule has 100 valence electrons. The van der Waals surface area contributed by atoms with Crippen molar-refractivity contribution in [3.8, 4) is 18.4 Å². The molecule has 0 aliphatic rings. The fourth-order valence-corrected chi connectivity index (χ4v) is 3.29. The van der Waals surface area contributed by atoms with E-state index < -0.39 is 10.0 Å². The van der Waals surface area contributed by atoms with Crippen molar-refractivity contribution in [3.05, 3.63) is 28.8 Å². The molecule has 1 rings (SSSR count). The van der Waals surface area contributed by atoms with Crippen LogP contribution in [0.2, 0.25) is 5.02 Å². The minimum atomic E-state index is -3.68. The Balaban J connectivity index is 3.23. The lowest BCUT2D eigenvalue weighted by Crippen LogP contribution is -2.32. The second-order valence-corrected chi connectivity index (χ2v) is 6.14. The van der Waals surface area contributed by atoms with Gasteiger partial charge in [-0.2, -0.15) is 9.57 Å². The maximum atomic E-state index is 12.4. The van der Waals surface area contributed by atoms with Crippen LogP contribution < -0.4 is 0 Å². The lowest BCUT2D eigenvalue weighted by Gasteiger charge is -2.19. The third kappa shape index (κ3) is 3.48. The fraction of sp³-hybridized carbons (Fsp3) is 0.308. The first kappa shape index (κ1) is 15.5. The van der Waals surface area contributed by atoms with Crippen LogP contribution in [-0.2, 0) is 10.0 Å². The van der Waals surface area contributed by atoms with Gasteiger partial charge < -0.3 is 0 Å². The first-order valence-electron chi connectivity index (χ1n) is 5.60. The molecule has 0 radical (unpaired) electrons. The second-order valence-electron chi connectivity index (χ2n) is 3.80. The molecule has 0 bridgehead atoms. The molecule has 1 aromatic carbocycles. The molecule has 0 unspecified atom stereocenters. The third-order valence-electron chi connectivity index (χ3n) is 2.44. The number of hydrogen-bond acceptors (Lipinski definition) is 3. The summed E-state index contributed by atoms with van der Waals surface area (Å²) in [5.74, 6) is 2.33. The van der Waals surface area contributed by atoms with Crippen LogP contribution in [0, 0.1) is 23.7 Å². The maximum Gasteiger partial charge on any atom is 0.243 e. The minimum Gasteiger partial charge on any atom is -0.207 e. The summed E-state index contributed by atoms with van der Waals surface area (Å²) in [6.45, 7) is 2.21. The lowest BCUT2D eigenvalue weighted by molar-refractivity contribution is 0.445. The predicted molar refractivity (Wildman–Crippen MR) is 74.0 cm³/mol. The van der Waals surface area contributed by atoms with Crippen LogP contribution in [0.15, 0.2) is 23.1 Å². The van der Waals surface area contributed by atoms with E-state index in [2.05, 4.69) is 5.92 Å². The maximum absolute atomic E-state index is 12.4. The van der Waals surface area contributed by atoms with E-state index in [1.54, 1.807) is 0 Å². The topological polar surface area (TPSA) is 61.2 Å². The minimum absolute atomic E-state index is 0.00773. The molecule has 19 heavy (non-hydrogen) atoms. The summed E-state index contributed by atoms with van der Waals surface area (Å²) in [5.41, 5.74) is 0.236. The van der Waals surface area contributed by atoms with E-state index in [-0.39, 0.29) is 22.0 Å². The molecule has 0 aliphatic carbocycles. The summed E-state index contributed by atoms with van der Waals surface area (Å²) in [6.07, 6.45) is 5.84. The fourth-order valence-electron chi connectivity index (χ4n) is 1.53. The number of sulfonamides is 1. The van der Waals surface area contributed by atoms with Gasteiger partial charge in [0.2, 0.25) is 10.0 Å². The van der Waals surface area contributed by atoms with E-state index in [4.69, 9.17) is 23.3 Å². The number of rotatable bonds is 5. The quantitative estimate of drug-likeness (QED) is 0.783. The Morgan fingerprint density at radius 3 is 2.63 bits per heavy atom. The molecule has 0 heterocycles. The summed E-state index contributed by atoms with van der Waals surface area (Å²) >= 11 is 5.85. The van der Waals surface area contributed by atoms with Crippen molar-refractivity contribution in [2.24, 2.45) is 0 Å². The molecule has 6 heteroatoms. The predicted octanol–water partition coefficient (Wildman–Crippen LogP) is 2.25. The van der Waals surface area contributed by atoms with Gasteiger partial charge in [-0.3, -0.25) is 0 Å². The van der Waals surface area contributed by atoms with Gasteiger partial charge in [-0.05, 0) is 24.6 Å². The molecule has 0 aliphatic heterocycles. The number of benzene rings is 1. The van der Waals surface area contributed by atoms with Crippen LogP contribution in [0.5, 0.6) is 0 Å². The van der Waals surface area contributed by atoms with E-state index in [1.807, 2.05) is 13.0 Å². The summed E-state index contributed by atoms with van der Waals surface area (Å²) in [7, 11) is -3.68. The zero-order valence-corrected chi connectivity index (χ0v) is 12.0. The van der Waals surface area contributed by atoms with Gasteiger partial charge >= 0.3 is 0 Å². The molecule has 0 spiro atoms. The second kappa shape index (κ2) is 6.58. The van der Waals surface area contributed by atoms with Crippen molar-refractivity contribution in [3.63, 3.8) is 0 Å². The largest absolute Gasteiger partial charge is 0.243 e. The summed E-state index contributed by atoms with van der Waals surface area (Å²) in [6, 6.07) is 5.90. The first-order chi connectivity index (χ1) is 8.97. The Kier molecular flexibility index (Phi) is 5.38. The van der Waals surface area contributed by atoms with Crippen molar-refractivity contribution >= 4 is 21.6 Å². The third-order valence-corrected chi connectivity index (χ3v) is 4.59. The van der Waals surface area contributed by atoms with Crippen LogP contribution in [0.1, 0.15) is 18.9 Å². The van der Waals surface area contributed by atoms with Crippen LogP contribution in [0.25, 0.3) is 0 Å². The van der Waals surface area contributed by atoms with E-state index >= 15 is 0 Å². The number of nitrogens with zero attached hydrogens (tertiary/aromatic N) is 2. The number of nitriles is 1. The molecular formula is C13H13ClN2O2S. The summed E-state index contributed by atoms with van der Waals surface area (Å²) < 4.78 is 25.9. The number of hydrogen-bond donors (Lipinski definition) is 0. The molecule has 0 atom stereocenters. The molecule has 0 saturated heterocycles. The summed E-state index contributed by atoms with van der Waals surface area (Å²) in [4.78, 5) is 0.0419. The highest BCUT2D eigenvalue weighted by molar-refractivity contribution is 7.89. The van der Waals surface area contributed by atoms with Gasteiger partial charge in [-0.15, -0.1) is 6.42 Å². The monoisotopic (exact) mass is 296 g/mol. The zero-order chi connectivity index (χ0) is 14.5. The van der Waals surface area contributed by atoms with Gasteiger partial charge in [-0.1, -0.05) is 24.4 Å². The van der Waals surface area contributed by atoms with Crippen LogP contribution in [0.3, 0.4) is 0 Å². The van der Waals surface area contributed by atoms with Gasteiger partial charge in [0, 0.05) is 6.54 Å². The van der Waals surface area contributed by atoms with Crippen molar-refractivity contribution < 1.29 is 8.42 Å². The molecule has 0 amide bonds. The van der Waals surface area contributed by atoms with E-state index in [1.165, 1.54) is 22.5 Å². The standard InChI is InChI=1S/C13H13ClN2O2S/c1-3-7-16(8-4-2)19(17,18)12-6-5-11(10-15)13(14)9-12/h1,5-6,9H,4,7-8H2,2H3. The average molecular weight is 297 g/mol. The Labute approximate surface area is 118 Å². The Morgan fingerprint density at radius 1 is 1.47 bits per heavy atom. The molecular weight excluding hydrogens is 284 g/mol. The molecule has 0 fully saturated rings. The molecule has 0 N–H and O–H groups in total. The van der Waals surface area contributed by atoms with Crippen LogP contribution in [0.4, 0.5) is 0 Å². The lowest BCUT2D eigenvalue weighted by atomic mass is 10.2. The average Bonchev–Trinajstić information content (AvgIpc) is 2.38. The van der Waals surface area contributed by atoms with Crippen molar-refractivity contribution in [2.75, 3.05) is 13.1 Å². The van der Waals surface area contributed by atoms with E-state index in [9.17, 15) is 8.42 Å². The molecule has 1 aromatic rings. The SMILES string of the molecule is C#CCN(CCC)S(=O)(=O)c1ccc(C#N)c(Cl)c1. The molecule has 0 saturated carbocycles. The van der Waals surface area contributed by atoms with Gasteiger partial charge in [-0.25, -0.2) is 8.42 Å². The van der Waals surface area contributed by atoms with Crippen LogP contribution in [-0.4, -0.2) is 25.8 Å². The van der Waals surface area contributed by atoms with E-state index in [0.29, 0.717) is 13.0 Å². The Bertz CT molecular complexity index is 642. The van der Waals surface area contributed by atoms with E-state index in [0.717, 1.165) is 0 Å². The smallest absolute Gasteiger partial charge is 0.207 e. The van der Waals surface area contributed by atoms with Gasteiger partial charge in [0.25, 0.3) is 0 Å². The summed E-state index contributed by atoms with van der Waals surface area (Å²) in [5, 5.41) is 8.88. The van der Waals surface area contributed by atoms with Crippen molar-refractivity contribution in [1.29, 1.82) is 5.26 Å². The number of terminal acetylenes is 1. The highest BCUT2D eigenvalue weighted by atomic mass is 35.5. The zero-order valence-electron chi connectivity index (χ0n) is 10.4. The van der Waals surface area contributed by atoms with Crippen LogP contribution >= 0.6 is 11.6 Å². The first-order valence-corrected chi connectivity index (χ1v) is 7.42. The molecule has 0 aromatic heterocycles. The Hall–Kier alpha value is -1.53. The highest BCUT2D eigenvalue weighted by Gasteiger charge is 2.23. The highest BCUT2D eigenvalue weighted by Crippen LogP contribution is 2.22. The van der Waals surface area contributed by atoms with Gasteiger partial charge in [0.1, 0.15) is 6.07 Å². The van der Waals surface area contributed by atoms with Crippen molar-refractivity contribution in [2.45, 2.75) is 18.2 Å². The van der Waals surface area contributed by atoms with Gasteiger partial charge in [0.15, 0.2) is 0 Å². The normalized spacial score (nSPS) is 11.0. The molecule has 4 nitrogen and oxygen atoms in total.